The van der Waals surface area contributed by atoms with E-state index in [9.17, 15) is 14.9 Å². The lowest BCUT2D eigenvalue weighted by molar-refractivity contribution is -0.402. The average Bonchev–Trinajstić information content (AvgIpc) is 2.52. The maximum atomic E-state index is 10.2. The van der Waals surface area contributed by atoms with Crippen LogP contribution in [0, 0.1) is 10.1 Å². The molecule has 1 rings (SSSR count). The molecule has 0 aliphatic heterocycles. The molecule has 1 aromatic rings. The van der Waals surface area contributed by atoms with E-state index < -0.39 is 11.0 Å². The zero-order chi connectivity index (χ0) is 9.84. The highest BCUT2D eigenvalue weighted by Gasteiger charge is 2.15. The van der Waals surface area contributed by atoms with Gasteiger partial charge in [-0.1, -0.05) is 0 Å². The molecule has 0 fully saturated rings. The molecule has 0 saturated carbocycles. The van der Waals surface area contributed by atoms with Crippen LogP contribution in [0.3, 0.4) is 0 Å². The van der Waals surface area contributed by atoms with Gasteiger partial charge in [-0.2, -0.15) is 4.99 Å². The summed E-state index contributed by atoms with van der Waals surface area (Å²) in [6.45, 7) is 1.58. The molecule has 6 nitrogen and oxygen atoms in total. The summed E-state index contributed by atoms with van der Waals surface area (Å²) in [6, 6.07) is 2.08. The predicted molar refractivity (Wildman–Crippen MR) is 41.9 cm³/mol. The number of furan rings is 1. The van der Waals surface area contributed by atoms with Crippen molar-refractivity contribution in [1.82, 2.24) is 0 Å². The fourth-order valence-electron chi connectivity index (χ4n) is 0.808. The predicted octanol–water partition coefficient (Wildman–Crippen LogP) is 1.58. The number of isocyanates is 1. The van der Waals surface area contributed by atoms with E-state index in [4.69, 9.17) is 4.42 Å². The van der Waals surface area contributed by atoms with E-state index in [0.29, 0.717) is 0 Å². The Kier molecular flexibility index (Phi) is 2.56. The van der Waals surface area contributed by atoms with E-state index in [0.717, 1.165) is 0 Å². The second-order valence-corrected chi connectivity index (χ2v) is 2.33. The monoisotopic (exact) mass is 182 g/mol. The zero-order valence-corrected chi connectivity index (χ0v) is 6.76. The van der Waals surface area contributed by atoms with Crippen molar-refractivity contribution in [3.8, 4) is 0 Å². The van der Waals surface area contributed by atoms with Crippen molar-refractivity contribution < 1.29 is 14.1 Å². The third-order valence-electron chi connectivity index (χ3n) is 1.45. The van der Waals surface area contributed by atoms with Crippen molar-refractivity contribution in [3.63, 3.8) is 0 Å². The largest absolute Gasteiger partial charge is 0.433 e. The molecule has 68 valence electrons. The average molecular weight is 182 g/mol. The summed E-state index contributed by atoms with van der Waals surface area (Å²) in [7, 11) is 0. The van der Waals surface area contributed by atoms with E-state index in [2.05, 4.69) is 4.99 Å². The van der Waals surface area contributed by atoms with Crippen molar-refractivity contribution in [3.05, 3.63) is 28.0 Å². The maximum absolute atomic E-state index is 10.2. The van der Waals surface area contributed by atoms with Crippen LogP contribution in [0.25, 0.3) is 0 Å². The van der Waals surface area contributed by atoms with E-state index in [1.807, 2.05) is 0 Å². The molecule has 6 heteroatoms. The lowest BCUT2D eigenvalue weighted by Gasteiger charge is -1.95. The van der Waals surface area contributed by atoms with Gasteiger partial charge < -0.3 is 4.42 Å². The summed E-state index contributed by atoms with van der Waals surface area (Å²) in [5.41, 5.74) is 0. The molecule has 0 spiro atoms. The number of hydrogen-bond acceptors (Lipinski definition) is 5. The fraction of sp³-hybridized carbons (Fsp3) is 0.286. The molecule has 0 aliphatic rings. The van der Waals surface area contributed by atoms with Gasteiger partial charge in [0, 0.05) is 0 Å². The van der Waals surface area contributed by atoms with Gasteiger partial charge in [-0.3, -0.25) is 10.1 Å². The normalized spacial score (nSPS) is 11.8. The second kappa shape index (κ2) is 3.64. The van der Waals surface area contributed by atoms with Gasteiger partial charge in [-0.25, -0.2) is 4.79 Å². The summed E-state index contributed by atoms with van der Waals surface area (Å²) < 4.78 is 4.79. The Balaban J connectivity index is 2.91. The molecule has 0 saturated heterocycles. The summed E-state index contributed by atoms with van der Waals surface area (Å²) >= 11 is 0. The number of carbonyl (C=O) groups excluding carboxylic acids is 1. The number of aliphatic imine (C=N–C) groups is 1. The van der Waals surface area contributed by atoms with E-state index in [1.54, 1.807) is 6.92 Å². The van der Waals surface area contributed by atoms with Gasteiger partial charge in [-0.15, -0.1) is 0 Å². The van der Waals surface area contributed by atoms with Crippen LogP contribution >= 0.6 is 0 Å². The summed E-state index contributed by atoms with van der Waals surface area (Å²) in [4.78, 5) is 22.8. The smallest absolute Gasteiger partial charge is 0.404 e. The van der Waals surface area contributed by atoms with Crippen LogP contribution in [0.15, 0.2) is 21.5 Å². The van der Waals surface area contributed by atoms with Crippen molar-refractivity contribution in [1.29, 1.82) is 0 Å². The number of hydrogen-bond donors (Lipinski definition) is 0. The highest BCUT2D eigenvalue weighted by atomic mass is 16.6. The molecule has 0 bridgehead atoms. The van der Waals surface area contributed by atoms with Crippen LogP contribution < -0.4 is 0 Å². The summed E-state index contributed by atoms with van der Waals surface area (Å²) in [5.74, 6) is -0.0852. The molecule has 1 heterocycles. The number of nitrogens with zero attached hydrogens (tertiary/aromatic N) is 2. The van der Waals surface area contributed by atoms with E-state index in [-0.39, 0.29) is 11.6 Å². The Hall–Kier alpha value is -1.94. The maximum Gasteiger partial charge on any atom is 0.433 e. The molecule has 0 aromatic carbocycles. The molecule has 0 N–H and O–H groups in total. The zero-order valence-electron chi connectivity index (χ0n) is 6.76. The van der Waals surface area contributed by atoms with Crippen LogP contribution in [0.2, 0.25) is 0 Å². The Morgan fingerprint density at radius 3 is 2.85 bits per heavy atom. The number of nitro groups is 1. The van der Waals surface area contributed by atoms with Crippen LogP contribution in [-0.4, -0.2) is 11.0 Å². The Morgan fingerprint density at radius 1 is 1.69 bits per heavy atom. The molecule has 1 atom stereocenters. The Bertz CT molecular complexity index is 364. The first kappa shape index (κ1) is 9.15. The molecule has 0 amide bonds. The highest BCUT2D eigenvalue weighted by Crippen LogP contribution is 2.23. The minimum atomic E-state index is -0.652. The minimum absolute atomic E-state index is 0.273. The molecule has 1 unspecified atom stereocenters. The molecular formula is C7H6N2O4. The molecule has 1 aromatic heterocycles. The first-order valence-corrected chi connectivity index (χ1v) is 3.46. The molecule has 0 radical (unpaired) electrons. The first-order chi connectivity index (χ1) is 6.15. The van der Waals surface area contributed by atoms with Crippen molar-refractivity contribution in [2.75, 3.05) is 0 Å². The topological polar surface area (TPSA) is 85.7 Å². The molecular weight excluding hydrogens is 176 g/mol. The lowest BCUT2D eigenvalue weighted by Crippen LogP contribution is -1.86. The van der Waals surface area contributed by atoms with Crippen LogP contribution in [0.5, 0.6) is 0 Å². The SMILES string of the molecule is CC(N=C=O)c1ccc([N+](=O)[O-])o1. The quantitative estimate of drug-likeness (QED) is 0.307. The van der Waals surface area contributed by atoms with Gasteiger partial charge >= 0.3 is 5.88 Å². The van der Waals surface area contributed by atoms with Gasteiger partial charge in [0.15, 0.2) is 0 Å². The first-order valence-electron chi connectivity index (χ1n) is 3.46. The minimum Gasteiger partial charge on any atom is -0.404 e. The van der Waals surface area contributed by atoms with E-state index in [1.165, 1.54) is 18.2 Å². The van der Waals surface area contributed by atoms with Crippen molar-refractivity contribution in [2.24, 2.45) is 4.99 Å². The highest BCUT2D eigenvalue weighted by molar-refractivity contribution is 5.34. The van der Waals surface area contributed by atoms with Crippen molar-refractivity contribution in [2.45, 2.75) is 13.0 Å². The Labute approximate surface area is 73.0 Å². The third-order valence-corrected chi connectivity index (χ3v) is 1.45. The van der Waals surface area contributed by atoms with Gasteiger partial charge in [-0.05, 0) is 13.0 Å². The summed E-state index contributed by atoms with van der Waals surface area (Å²) in [6.07, 6.45) is 1.35. The van der Waals surface area contributed by atoms with Gasteiger partial charge in [0.2, 0.25) is 6.08 Å². The van der Waals surface area contributed by atoms with Crippen LogP contribution in [0.1, 0.15) is 18.7 Å². The lowest BCUT2D eigenvalue weighted by atomic mass is 10.3. The van der Waals surface area contributed by atoms with Crippen LogP contribution in [0.4, 0.5) is 5.88 Å². The Morgan fingerprint density at radius 2 is 2.38 bits per heavy atom. The standard InChI is InChI=1S/C7H6N2O4/c1-5(8-4-10)6-2-3-7(13-6)9(11)12/h2-3,5H,1H3. The second-order valence-electron chi connectivity index (χ2n) is 2.33. The summed E-state index contributed by atoms with van der Waals surface area (Å²) in [5, 5.41) is 10.2. The van der Waals surface area contributed by atoms with E-state index >= 15 is 0 Å². The molecule has 0 aliphatic carbocycles. The van der Waals surface area contributed by atoms with Gasteiger partial charge in [0.25, 0.3) is 0 Å². The van der Waals surface area contributed by atoms with Crippen LogP contribution in [-0.2, 0) is 4.79 Å². The van der Waals surface area contributed by atoms with Gasteiger partial charge in [0.05, 0.1) is 6.07 Å². The molecule has 13 heavy (non-hydrogen) atoms. The third kappa shape index (κ3) is 2.00. The number of rotatable bonds is 3. The van der Waals surface area contributed by atoms with Crippen molar-refractivity contribution >= 4 is 12.0 Å². The fourth-order valence-corrected chi connectivity index (χ4v) is 0.808. The van der Waals surface area contributed by atoms with Gasteiger partial charge in [0.1, 0.15) is 16.7 Å².